The van der Waals surface area contributed by atoms with Crippen LogP contribution in [-0.2, 0) is 4.79 Å². The van der Waals surface area contributed by atoms with E-state index in [2.05, 4.69) is 20.0 Å². The highest BCUT2D eigenvalue weighted by Crippen LogP contribution is 2.13. The molecule has 17 heavy (non-hydrogen) atoms. The normalized spacial score (nSPS) is 14.1. The third-order valence-electron chi connectivity index (χ3n) is 2.34. The van der Waals surface area contributed by atoms with E-state index in [1.165, 1.54) is 6.92 Å². The second-order valence-electron chi connectivity index (χ2n) is 3.98. The molecule has 0 aliphatic heterocycles. The summed E-state index contributed by atoms with van der Waals surface area (Å²) in [5.41, 5.74) is -1.32. The van der Waals surface area contributed by atoms with Crippen molar-refractivity contribution in [1.29, 1.82) is 0 Å². The molecule has 1 amide bonds. The zero-order valence-corrected chi connectivity index (χ0v) is 9.98. The quantitative estimate of drug-likeness (QED) is 0.788. The first kappa shape index (κ1) is 13.1. The molecule has 1 heterocycles. The van der Waals surface area contributed by atoms with Gasteiger partial charge in [0.25, 0.3) is 11.7 Å². The van der Waals surface area contributed by atoms with Gasteiger partial charge in [0.15, 0.2) is 0 Å². The third kappa shape index (κ3) is 3.02. The van der Waals surface area contributed by atoms with Crippen LogP contribution in [0.1, 0.15) is 43.2 Å². The van der Waals surface area contributed by atoms with Gasteiger partial charge in [-0.05, 0) is 13.3 Å². The Morgan fingerprint density at radius 1 is 1.53 bits per heavy atom. The molecule has 7 heteroatoms. The second kappa shape index (κ2) is 4.94. The van der Waals surface area contributed by atoms with E-state index in [4.69, 9.17) is 5.11 Å². The van der Waals surface area contributed by atoms with Crippen LogP contribution < -0.4 is 5.32 Å². The van der Waals surface area contributed by atoms with Gasteiger partial charge in [0.1, 0.15) is 5.54 Å². The Morgan fingerprint density at radius 3 is 2.59 bits per heavy atom. The van der Waals surface area contributed by atoms with Crippen molar-refractivity contribution in [3.8, 4) is 0 Å². The molecule has 1 rings (SSSR count). The van der Waals surface area contributed by atoms with Crippen molar-refractivity contribution < 1.29 is 19.2 Å². The van der Waals surface area contributed by atoms with Crippen molar-refractivity contribution in [1.82, 2.24) is 15.5 Å². The minimum atomic E-state index is -1.32. The van der Waals surface area contributed by atoms with Crippen LogP contribution >= 0.6 is 0 Å². The number of carboxylic acids is 1. The average molecular weight is 241 g/mol. The number of hydrogen-bond acceptors (Lipinski definition) is 5. The van der Waals surface area contributed by atoms with Gasteiger partial charge in [-0.1, -0.05) is 18.5 Å². The van der Waals surface area contributed by atoms with Crippen molar-refractivity contribution >= 4 is 11.9 Å². The van der Waals surface area contributed by atoms with E-state index in [-0.39, 0.29) is 11.7 Å². The van der Waals surface area contributed by atoms with Crippen molar-refractivity contribution in [3.05, 3.63) is 11.7 Å². The minimum absolute atomic E-state index is 0.161. The summed E-state index contributed by atoms with van der Waals surface area (Å²) in [6.07, 6.45) is 0.958. The lowest BCUT2D eigenvalue weighted by Crippen LogP contribution is -2.52. The Morgan fingerprint density at radius 2 is 2.18 bits per heavy atom. The van der Waals surface area contributed by atoms with Crippen LogP contribution in [0.4, 0.5) is 0 Å². The maximum atomic E-state index is 11.7. The number of aryl methyl sites for hydroxylation is 1. The van der Waals surface area contributed by atoms with Crippen molar-refractivity contribution in [2.45, 2.75) is 39.2 Å². The number of aromatic nitrogens is 2. The van der Waals surface area contributed by atoms with Crippen LogP contribution in [0.3, 0.4) is 0 Å². The molecule has 1 aromatic rings. The molecular weight excluding hydrogens is 226 g/mol. The second-order valence-corrected chi connectivity index (χ2v) is 3.98. The average Bonchev–Trinajstić information content (AvgIpc) is 2.65. The molecule has 0 fully saturated rings. The third-order valence-corrected chi connectivity index (χ3v) is 2.34. The lowest BCUT2D eigenvalue weighted by atomic mass is 9.96. The van der Waals surface area contributed by atoms with Gasteiger partial charge in [-0.25, -0.2) is 4.79 Å². The monoisotopic (exact) mass is 241 g/mol. The summed E-state index contributed by atoms with van der Waals surface area (Å²) >= 11 is 0. The van der Waals surface area contributed by atoms with Crippen molar-refractivity contribution in [3.63, 3.8) is 0 Å². The molecule has 7 nitrogen and oxygen atoms in total. The lowest BCUT2D eigenvalue weighted by molar-refractivity contribution is -0.144. The molecule has 1 atom stereocenters. The molecule has 0 aliphatic carbocycles. The van der Waals surface area contributed by atoms with Crippen LogP contribution in [0.15, 0.2) is 4.52 Å². The number of hydrogen-bond donors (Lipinski definition) is 2. The van der Waals surface area contributed by atoms with Gasteiger partial charge in [0, 0.05) is 6.92 Å². The first-order valence-corrected chi connectivity index (χ1v) is 5.25. The number of amides is 1. The zero-order chi connectivity index (χ0) is 13.1. The Hall–Kier alpha value is -1.92. The van der Waals surface area contributed by atoms with Crippen LogP contribution in [0.5, 0.6) is 0 Å². The van der Waals surface area contributed by atoms with E-state index in [0.29, 0.717) is 12.8 Å². The highest BCUT2D eigenvalue weighted by Gasteiger charge is 2.35. The summed E-state index contributed by atoms with van der Waals surface area (Å²) in [4.78, 5) is 26.5. The van der Waals surface area contributed by atoms with Gasteiger partial charge in [-0.2, -0.15) is 4.98 Å². The molecule has 94 valence electrons. The van der Waals surface area contributed by atoms with Gasteiger partial charge in [-0.15, -0.1) is 0 Å². The molecular formula is C10H15N3O4. The fourth-order valence-electron chi connectivity index (χ4n) is 1.42. The number of aliphatic carboxylic acids is 1. The molecule has 0 bridgehead atoms. The summed E-state index contributed by atoms with van der Waals surface area (Å²) in [5.74, 6) is -1.65. The Labute approximate surface area is 98.2 Å². The summed E-state index contributed by atoms with van der Waals surface area (Å²) < 4.78 is 4.65. The molecule has 0 radical (unpaired) electrons. The summed E-state index contributed by atoms with van der Waals surface area (Å²) in [6, 6.07) is 0. The molecule has 2 N–H and O–H groups in total. The van der Waals surface area contributed by atoms with Gasteiger partial charge >= 0.3 is 5.97 Å². The fourth-order valence-corrected chi connectivity index (χ4v) is 1.42. The highest BCUT2D eigenvalue weighted by molar-refractivity contribution is 5.94. The van der Waals surface area contributed by atoms with E-state index >= 15 is 0 Å². The molecule has 1 unspecified atom stereocenters. The number of nitrogens with zero attached hydrogens (tertiary/aromatic N) is 2. The molecule has 0 saturated carbocycles. The van der Waals surface area contributed by atoms with Gasteiger partial charge in [-0.3, -0.25) is 4.79 Å². The smallest absolute Gasteiger partial charge is 0.329 e. The number of rotatable bonds is 5. The molecule has 0 aliphatic rings. The van der Waals surface area contributed by atoms with E-state index in [0.717, 1.165) is 0 Å². The molecule has 0 aromatic carbocycles. The largest absolute Gasteiger partial charge is 0.480 e. The number of carboxylic acid groups (broad SMARTS) is 1. The van der Waals surface area contributed by atoms with Crippen molar-refractivity contribution in [2.75, 3.05) is 0 Å². The zero-order valence-electron chi connectivity index (χ0n) is 9.98. The topological polar surface area (TPSA) is 105 Å². The summed E-state index contributed by atoms with van der Waals surface area (Å²) in [7, 11) is 0. The lowest BCUT2D eigenvalue weighted by Gasteiger charge is -2.24. The predicted octanol–water partition coefficient (Wildman–Crippen LogP) is 0.751. The first-order chi connectivity index (χ1) is 7.89. The van der Waals surface area contributed by atoms with Crippen molar-refractivity contribution in [2.24, 2.45) is 0 Å². The van der Waals surface area contributed by atoms with Crippen LogP contribution in [-0.4, -0.2) is 32.7 Å². The molecule has 1 aromatic heterocycles. The van der Waals surface area contributed by atoms with Gasteiger partial charge < -0.3 is 14.9 Å². The minimum Gasteiger partial charge on any atom is -0.480 e. The highest BCUT2D eigenvalue weighted by atomic mass is 16.5. The van der Waals surface area contributed by atoms with E-state index in [1.54, 1.807) is 6.92 Å². The van der Waals surface area contributed by atoms with E-state index in [9.17, 15) is 9.59 Å². The Balaban J connectivity index is 2.81. The van der Waals surface area contributed by atoms with E-state index < -0.39 is 17.4 Å². The maximum absolute atomic E-state index is 11.7. The fraction of sp³-hybridized carbons (Fsp3) is 0.600. The predicted molar refractivity (Wildman–Crippen MR) is 57.5 cm³/mol. The standard InChI is InChI=1S/C10H15N3O4/c1-4-5-10(3,9(15)16)12-8(14)7-11-6(2)17-13-7/h4-5H2,1-3H3,(H,12,14)(H,15,16). The van der Waals surface area contributed by atoms with Crippen LogP contribution in [0.2, 0.25) is 0 Å². The van der Waals surface area contributed by atoms with Gasteiger partial charge in [0.2, 0.25) is 5.89 Å². The SMILES string of the molecule is CCCC(C)(NC(=O)c1noc(C)n1)C(=O)O. The summed E-state index contributed by atoms with van der Waals surface area (Å²) in [5, 5.41) is 14.9. The van der Waals surface area contributed by atoms with Crippen LogP contribution in [0.25, 0.3) is 0 Å². The maximum Gasteiger partial charge on any atom is 0.329 e. The number of carbonyl (C=O) groups is 2. The van der Waals surface area contributed by atoms with E-state index in [1.807, 2.05) is 6.92 Å². The number of nitrogens with one attached hydrogen (secondary N) is 1. The first-order valence-electron chi connectivity index (χ1n) is 5.25. The Kier molecular flexibility index (Phi) is 3.82. The molecule has 0 saturated heterocycles. The summed E-state index contributed by atoms with van der Waals surface area (Å²) in [6.45, 7) is 4.84. The van der Waals surface area contributed by atoms with Crippen LogP contribution in [0, 0.1) is 6.92 Å². The Bertz CT molecular complexity index is 429. The number of carbonyl (C=O) groups excluding carboxylic acids is 1. The van der Waals surface area contributed by atoms with Gasteiger partial charge in [0.05, 0.1) is 0 Å². The molecule has 0 spiro atoms.